The average molecular weight is 369 g/mol. The molecule has 1 fully saturated rings. The molecule has 0 bridgehead atoms. The van der Waals surface area contributed by atoms with Gasteiger partial charge in [0.25, 0.3) is 0 Å². The van der Waals surface area contributed by atoms with E-state index in [9.17, 15) is 8.42 Å². The number of nitrogens with one attached hydrogen (secondary N) is 1. The van der Waals surface area contributed by atoms with E-state index in [4.69, 9.17) is 9.47 Å². The van der Waals surface area contributed by atoms with Gasteiger partial charge in [-0.3, -0.25) is 4.99 Å². The van der Waals surface area contributed by atoms with E-state index in [2.05, 4.69) is 10.3 Å². The average Bonchev–Trinajstić information content (AvgIpc) is 2.58. The van der Waals surface area contributed by atoms with Crippen molar-refractivity contribution in [2.24, 2.45) is 4.99 Å². The number of hydrogen-bond acceptors (Lipinski definition) is 5. The number of guanidine groups is 1. The number of nitrogens with zero attached hydrogens (tertiary/aromatic N) is 2. The van der Waals surface area contributed by atoms with Crippen LogP contribution >= 0.6 is 0 Å². The summed E-state index contributed by atoms with van der Waals surface area (Å²) in [6.07, 6.45) is 0. The molecule has 1 aliphatic rings. The second-order valence-electron chi connectivity index (χ2n) is 6.59. The lowest BCUT2D eigenvalue weighted by molar-refractivity contribution is 0.351. The largest absolute Gasteiger partial charge is 0.493 e. The molecule has 0 saturated carbocycles. The fraction of sp³-hybridized carbons (Fsp3) is 0.588. The summed E-state index contributed by atoms with van der Waals surface area (Å²) in [6, 6.07) is 5.71. The van der Waals surface area contributed by atoms with Crippen LogP contribution in [0.4, 0.5) is 0 Å². The lowest BCUT2D eigenvalue weighted by Gasteiger charge is -2.39. The molecule has 25 heavy (non-hydrogen) atoms. The summed E-state index contributed by atoms with van der Waals surface area (Å²) in [5, 5.41) is 3.29. The van der Waals surface area contributed by atoms with Gasteiger partial charge in [0.1, 0.15) is 0 Å². The fourth-order valence-corrected chi connectivity index (χ4v) is 4.19. The maximum atomic E-state index is 12.2. The topological polar surface area (TPSA) is 80.2 Å². The molecule has 2 rings (SSSR count). The first kappa shape index (κ1) is 19.4. The van der Waals surface area contributed by atoms with Crippen LogP contribution < -0.4 is 14.8 Å². The van der Waals surface area contributed by atoms with Gasteiger partial charge in [0.2, 0.25) is 0 Å². The van der Waals surface area contributed by atoms with E-state index in [1.165, 1.54) is 0 Å². The van der Waals surface area contributed by atoms with Gasteiger partial charge in [-0.05, 0) is 31.5 Å². The molecule has 140 valence electrons. The standard InChI is InChI=1S/C17H27N3O4S/c1-17(2)12-20(8-9-25(17,21)22)16(18-3)19-11-13-6-7-14(23-4)15(10-13)24-5/h6-7,10H,8-9,11-12H2,1-5H3,(H,18,19). The Morgan fingerprint density at radius 3 is 2.52 bits per heavy atom. The first-order valence-corrected chi connectivity index (χ1v) is 9.78. The van der Waals surface area contributed by atoms with Crippen molar-refractivity contribution in [1.29, 1.82) is 0 Å². The molecule has 8 heteroatoms. The lowest BCUT2D eigenvalue weighted by atomic mass is 10.2. The third-order valence-corrected chi connectivity index (χ3v) is 6.99. The smallest absolute Gasteiger partial charge is 0.193 e. The van der Waals surface area contributed by atoms with Crippen molar-refractivity contribution in [3.05, 3.63) is 23.8 Å². The minimum Gasteiger partial charge on any atom is -0.493 e. The van der Waals surface area contributed by atoms with Gasteiger partial charge in [0.15, 0.2) is 27.3 Å². The van der Waals surface area contributed by atoms with Crippen LogP contribution in [0.15, 0.2) is 23.2 Å². The zero-order valence-electron chi connectivity index (χ0n) is 15.5. The van der Waals surface area contributed by atoms with E-state index in [0.717, 1.165) is 5.56 Å². The summed E-state index contributed by atoms with van der Waals surface area (Å²) in [7, 11) is 1.83. The Morgan fingerprint density at radius 2 is 1.96 bits per heavy atom. The summed E-state index contributed by atoms with van der Waals surface area (Å²) in [5.41, 5.74) is 1.02. The Labute approximate surface area is 149 Å². The number of benzene rings is 1. The first-order valence-electron chi connectivity index (χ1n) is 8.13. The van der Waals surface area contributed by atoms with Crippen LogP contribution in [0.5, 0.6) is 11.5 Å². The fourth-order valence-electron chi connectivity index (χ4n) is 2.83. The highest BCUT2D eigenvalue weighted by Crippen LogP contribution is 2.27. The Morgan fingerprint density at radius 1 is 1.28 bits per heavy atom. The zero-order chi connectivity index (χ0) is 18.7. The molecule has 0 unspecified atom stereocenters. The minimum atomic E-state index is -3.07. The second kappa shape index (κ2) is 7.51. The number of rotatable bonds is 4. The quantitative estimate of drug-likeness (QED) is 0.636. The van der Waals surface area contributed by atoms with Crippen LogP contribution in [0.25, 0.3) is 0 Å². The number of ether oxygens (including phenoxy) is 2. The Kier molecular flexibility index (Phi) is 5.82. The molecule has 1 aliphatic heterocycles. The molecule has 0 atom stereocenters. The molecule has 0 radical (unpaired) electrons. The number of aliphatic imine (C=N–C) groups is 1. The van der Waals surface area contributed by atoms with E-state index in [0.29, 0.717) is 37.1 Å². The van der Waals surface area contributed by atoms with E-state index >= 15 is 0 Å². The van der Waals surface area contributed by atoms with Gasteiger partial charge in [0, 0.05) is 26.7 Å². The molecule has 0 aromatic heterocycles. The highest BCUT2D eigenvalue weighted by molar-refractivity contribution is 7.92. The van der Waals surface area contributed by atoms with Crippen molar-refractivity contribution in [3.8, 4) is 11.5 Å². The lowest BCUT2D eigenvalue weighted by Crippen LogP contribution is -2.57. The third-order valence-electron chi connectivity index (χ3n) is 4.45. The molecule has 0 amide bonds. The van der Waals surface area contributed by atoms with Crippen molar-refractivity contribution < 1.29 is 17.9 Å². The predicted octanol–water partition coefficient (Wildman–Crippen LogP) is 1.29. The Balaban J connectivity index is 2.07. The Hall–Kier alpha value is -1.96. The van der Waals surface area contributed by atoms with Gasteiger partial charge in [-0.15, -0.1) is 0 Å². The van der Waals surface area contributed by atoms with Crippen LogP contribution in [0, 0.1) is 0 Å². The maximum Gasteiger partial charge on any atom is 0.193 e. The van der Waals surface area contributed by atoms with E-state index in [1.807, 2.05) is 23.1 Å². The van der Waals surface area contributed by atoms with E-state index in [1.54, 1.807) is 35.1 Å². The van der Waals surface area contributed by atoms with Crippen LogP contribution in [0.1, 0.15) is 19.4 Å². The number of methoxy groups -OCH3 is 2. The van der Waals surface area contributed by atoms with Crippen LogP contribution in [-0.2, 0) is 16.4 Å². The summed E-state index contributed by atoms with van der Waals surface area (Å²) in [4.78, 5) is 6.29. The summed E-state index contributed by atoms with van der Waals surface area (Å²) in [6.45, 7) is 4.93. The Bertz CT molecular complexity index is 744. The highest BCUT2D eigenvalue weighted by Gasteiger charge is 2.40. The molecule has 1 aromatic rings. The van der Waals surface area contributed by atoms with Crippen molar-refractivity contribution >= 4 is 15.8 Å². The first-order chi connectivity index (χ1) is 11.7. The van der Waals surface area contributed by atoms with Gasteiger partial charge >= 0.3 is 0 Å². The number of sulfone groups is 1. The third kappa shape index (κ3) is 4.18. The summed E-state index contributed by atoms with van der Waals surface area (Å²) < 4.78 is 34.1. The SMILES string of the molecule is CN=C(NCc1ccc(OC)c(OC)c1)N1CCS(=O)(=O)C(C)(C)C1. The van der Waals surface area contributed by atoms with Gasteiger partial charge in [-0.25, -0.2) is 8.42 Å². The van der Waals surface area contributed by atoms with Gasteiger partial charge in [-0.1, -0.05) is 6.07 Å². The van der Waals surface area contributed by atoms with Gasteiger partial charge in [0.05, 0.1) is 24.7 Å². The summed E-state index contributed by atoms with van der Waals surface area (Å²) in [5.74, 6) is 2.18. The van der Waals surface area contributed by atoms with E-state index < -0.39 is 14.6 Å². The molecule has 1 saturated heterocycles. The number of hydrogen-bond donors (Lipinski definition) is 1. The van der Waals surface area contributed by atoms with Crippen molar-refractivity contribution in [2.75, 3.05) is 40.1 Å². The molecular formula is C17H27N3O4S. The molecule has 1 heterocycles. The predicted molar refractivity (Wildman–Crippen MR) is 99.2 cm³/mol. The molecule has 0 spiro atoms. The van der Waals surface area contributed by atoms with E-state index in [-0.39, 0.29) is 5.75 Å². The van der Waals surface area contributed by atoms with Crippen molar-refractivity contribution in [3.63, 3.8) is 0 Å². The molecule has 0 aliphatic carbocycles. The van der Waals surface area contributed by atoms with Crippen molar-refractivity contribution in [1.82, 2.24) is 10.2 Å². The molecular weight excluding hydrogens is 342 g/mol. The zero-order valence-corrected chi connectivity index (χ0v) is 16.3. The maximum absolute atomic E-state index is 12.2. The van der Waals surface area contributed by atoms with Crippen LogP contribution in [0.2, 0.25) is 0 Å². The minimum absolute atomic E-state index is 0.136. The highest BCUT2D eigenvalue weighted by atomic mass is 32.2. The van der Waals surface area contributed by atoms with Crippen molar-refractivity contribution in [2.45, 2.75) is 25.1 Å². The monoisotopic (exact) mass is 369 g/mol. The summed E-state index contributed by atoms with van der Waals surface area (Å²) >= 11 is 0. The second-order valence-corrected chi connectivity index (χ2v) is 9.33. The van der Waals surface area contributed by atoms with Crippen LogP contribution in [-0.4, -0.2) is 64.1 Å². The van der Waals surface area contributed by atoms with Crippen LogP contribution in [0.3, 0.4) is 0 Å². The van der Waals surface area contributed by atoms with Gasteiger partial charge in [-0.2, -0.15) is 0 Å². The molecule has 7 nitrogen and oxygen atoms in total. The normalized spacial score (nSPS) is 19.4. The molecule has 1 N–H and O–H groups in total. The molecule has 1 aromatic carbocycles. The van der Waals surface area contributed by atoms with Gasteiger partial charge < -0.3 is 19.7 Å².